The molecule has 4 N–H and O–H groups in total. The van der Waals surface area contributed by atoms with Crippen molar-refractivity contribution in [3.05, 3.63) is 53.6 Å². The van der Waals surface area contributed by atoms with E-state index < -0.39 is 24.1 Å². The third-order valence-corrected chi connectivity index (χ3v) is 6.98. The fourth-order valence-corrected chi connectivity index (χ4v) is 5.16. The van der Waals surface area contributed by atoms with Gasteiger partial charge in [-0.05, 0) is 62.1 Å². The van der Waals surface area contributed by atoms with Gasteiger partial charge < -0.3 is 19.8 Å². The van der Waals surface area contributed by atoms with Crippen LogP contribution in [0.1, 0.15) is 44.0 Å². The van der Waals surface area contributed by atoms with Crippen molar-refractivity contribution in [1.29, 1.82) is 0 Å². The molecule has 2 aromatic rings. The number of phenolic OH excluding ortho intramolecular Hbond substituents is 1. The molecule has 31 heavy (non-hydrogen) atoms. The van der Waals surface area contributed by atoms with Gasteiger partial charge in [0.2, 0.25) is 10.0 Å². The summed E-state index contributed by atoms with van der Waals surface area (Å²) >= 11 is 0. The van der Waals surface area contributed by atoms with Crippen LogP contribution in [0.25, 0.3) is 0 Å². The van der Waals surface area contributed by atoms with Crippen molar-refractivity contribution in [1.82, 2.24) is 4.72 Å². The van der Waals surface area contributed by atoms with Crippen molar-refractivity contribution < 1.29 is 32.4 Å². The lowest BCUT2D eigenvalue weighted by atomic mass is 10.1. The maximum atomic E-state index is 12.6. The Morgan fingerprint density at radius 2 is 1.81 bits per heavy atom. The number of anilines is 1. The van der Waals surface area contributed by atoms with E-state index in [-0.39, 0.29) is 16.7 Å². The van der Waals surface area contributed by atoms with E-state index in [1.54, 1.807) is 24.0 Å². The molecule has 0 radical (unpaired) electrons. The Morgan fingerprint density at radius 3 is 2.32 bits per heavy atom. The normalized spacial score (nSPS) is 15.6. The van der Waals surface area contributed by atoms with Crippen molar-refractivity contribution >= 4 is 23.5 Å². The number of aryl methyl sites for hydroxylation is 1. The number of hydrogen-bond acceptors (Lipinski definition) is 6. The van der Waals surface area contributed by atoms with Crippen LogP contribution in [0.4, 0.5) is 5.69 Å². The molecule has 1 saturated carbocycles. The van der Waals surface area contributed by atoms with Crippen LogP contribution in [0.15, 0.2) is 47.4 Å². The Hall–Kier alpha value is -1.94. The number of phosphoric acid groups is 1. The highest BCUT2D eigenvalue weighted by molar-refractivity contribution is 7.89. The number of phosphoric ester groups is 1. The molecule has 0 spiro atoms. The first-order valence-corrected chi connectivity index (χ1v) is 13.0. The third-order valence-electron chi connectivity index (χ3n) is 4.99. The van der Waals surface area contributed by atoms with Gasteiger partial charge in [0.15, 0.2) is 6.23 Å². The summed E-state index contributed by atoms with van der Waals surface area (Å²) in [6.07, 6.45) is 1.01. The Bertz CT molecular complexity index is 1070. The topological polar surface area (TPSA) is 136 Å². The lowest BCUT2D eigenvalue weighted by Crippen LogP contribution is -2.31. The van der Waals surface area contributed by atoms with E-state index in [1.165, 1.54) is 30.3 Å². The van der Waals surface area contributed by atoms with Crippen LogP contribution in [0.3, 0.4) is 0 Å². The zero-order valence-corrected chi connectivity index (χ0v) is 19.0. The Kier molecular flexibility index (Phi) is 7.10. The molecule has 1 fully saturated rings. The second kappa shape index (κ2) is 9.28. The fraction of sp³-hybridized carbons (Fsp3) is 0.400. The molecule has 170 valence electrons. The summed E-state index contributed by atoms with van der Waals surface area (Å²) in [6, 6.07) is 10.5. The molecule has 3 rings (SSSR count). The zero-order chi connectivity index (χ0) is 22.8. The highest BCUT2D eigenvalue weighted by atomic mass is 32.2. The summed E-state index contributed by atoms with van der Waals surface area (Å²) < 4.78 is 44.7. The van der Waals surface area contributed by atoms with Crippen LogP contribution in [0.2, 0.25) is 0 Å². The number of phenols is 1. The lowest BCUT2D eigenvalue weighted by molar-refractivity contribution is 0.130. The Balaban J connectivity index is 2.02. The van der Waals surface area contributed by atoms with E-state index in [2.05, 4.69) is 4.72 Å². The first-order valence-electron chi connectivity index (χ1n) is 9.99. The van der Waals surface area contributed by atoms with Crippen molar-refractivity contribution in [2.75, 3.05) is 11.4 Å². The first kappa shape index (κ1) is 23.7. The Labute approximate surface area is 182 Å². The van der Waals surface area contributed by atoms with Crippen LogP contribution in [0, 0.1) is 0 Å². The predicted molar refractivity (Wildman–Crippen MR) is 116 cm³/mol. The molecule has 0 amide bonds. The van der Waals surface area contributed by atoms with E-state index in [9.17, 15) is 27.9 Å². The second-order valence-corrected chi connectivity index (χ2v) is 10.3. The van der Waals surface area contributed by atoms with E-state index in [0.29, 0.717) is 29.8 Å². The minimum Gasteiger partial charge on any atom is -0.508 e. The number of hydrogen-bond donors (Lipinski definition) is 4. The van der Waals surface area contributed by atoms with Gasteiger partial charge in [-0.3, -0.25) is 4.52 Å². The minimum atomic E-state index is -4.87. The van der Waals surface area contributed by atoms with Crippen molar-refractivity contribution in [2.45, 2.75) is 50.3 Å². The van der Waals surface area contributed by atoms with Crippen LogP contribution in [0.5, 0.6) is 5.75 Å². The lowest BCUT2D eigenvalue weighted by Gasteiger charge is -2.34. The molecule has 1 aliphatic rings. The molecule has 0 heterocycles. The van der Waals surface area contributed by atoms with Gasteiger partial charge >= 0.3 is 7.82 Å². The molecule has 1 aliphatic carbocycles. The van der Waals surface area contributed by atoms with Crippen LogP contribution < -0.4 is 9.62 Å². The highest BCUT2D eigenvalue weighted by Gasteiger charge is 2.31. The van der Waals surface area contributed by atoms with Gasteiger partial charge in [-0.15, -0.1) is 0 Å². The van der Waals surface area contributed by atoms with E-state index in [4.69, 9.17) is 4.52 Å². The average molecular weight is 470 g/mol. The van der Waals surface area contributed by atoms with Gasteiger partial charge in [-0.2, -0.15) is 0 Å². The maximum Gasteiger partial charge on any atom is 0.471 e. The number of nitrogens with one attached hydrogen (secondary N) is 1. The number of aromatic hydroxyl groups is 1. The molecule has 1 unspecified atom stereocenters. The molecule has 0 saturated heterocycles. The summed E-state index contributed by atoms with van der Waals surface area (Å²) in [7, 11) is -8.50. The molecule has 0 bridgehead atoms. The van der Waals surface area contributed by atoms with Crippen molar-refractivity contribution in [3.63, 3.8) is 0 Å². The number of sulfonamides is 1. The van der Waals surface area contributed by atoms with Crippen LogP contribution >= 0.6 is 7.82 Å². The SMILES string of the molecule is CCc1cc(S(=O)(=O)NC2CC2)ccc1N(CC)C(OP(=O)(O)O)c1ccc(O)cc1. The zero-order valence-electron chi connectivity index (χ0n) is 17.3. The summed E-state index contributed by atoms with van der Waals surface area (Å²) in [6.45, 7) is 4.00. The monoisotopic (exact) mass is 470 g/mol. The van der Waals surface area contributed by atoms with E-state index in [0.717, 1.165) is 12.8 Å². The summed E-state index contributed by atoms with van der Waals surface area (Å²) in [5.41, 5.74) is 1.72. The largest absolute Gasteiger partial charge is 0.508 e. The molecule has 0 aliphatic heterocycles. The molecule has 11 heteroatoms. The van der Waals surface area contributed by atoms with E-state index in [1.807, 2.05) is 6.92 Å². The molecule has 9 nitrogen and oxygen atoms in total. The third kappa shape index (κ3) is 6.06. The van der Waals surface area contributed by atoms with Crippen LogP contribution in [-0.4, -0.2) is 35.9 Å². The fourth-order valence-electron chi connectivity index (χ4n) is 3.31. The quantitative estimate of drug-likeness (QED) is 0.307. The van der Waals surface area contributed by atoms with Gasteiger partial charge in [0.05, 0.1) is 4.90 Å². The molecule has 0 aromatic heterocycles. The molecular formula is C20H27N2O7PS. The summed E-state index contributed by atoms with van der Waals surface area (Å²) in [4.78, 5) is 20.8. The Morgan fingerprint density at radius 1 is 1.16 bits per heavy atom. The predicted octanol–water partition coefficient (Wildman–Crippen LogP) is 3.03. The smallest absolute Gasteiger partial charge is 0.471 e. The van der Waals surface area contributed by atoms with Gasteiger partial charge in [-0.1, -0.05) is 19.1 Å². The number of nitrogens with zero attached hydrogens (tertiary/aromatic N) is 1. The van der Waals surface area contributed by atoms with Crippen LogP contribution in [-0.2, 0) is 25.5 Å². The molecule has 1 atom stereocenters. The standard InChI is InChI=1S/C20H27N2O7PS/c1-3-14-13-18(31(27,28)21-16-7-8-16)11-12-19(14)22(4-2)20(29-30(24,25)26)15-5-9-17(23)10-6-15/h5-6,9-13,16,20-21,23H,3-4,7-8H2,1-2H3,(H2,24,25,26). The van der Waals surface area contributed by atoms with Gasteiger partial charge in [-0.25, -0.2) is 17.7 Å². The van der Waals surface area contributed by atoms with Crippen molar-refractivity contribution in [2.24, 2.45) is 0 Å². The first-order chi connectivity index (χ1) is 14.5. The minimum absolute atomic E-state index is 0.00805. The average Bonchev–Trinajstić information content (AvgIpc) is 3.51. The summed E-state index contributed by atoms with van der Waals surface area (Å²) in [5.74, 6) is 0.00805. The maximum absolute atomic E-state index is 12.6. The molecular weight excluding hydrogens is 443 g/mol. The van der Waals surface area contributed by atoms with Gasteiger partial charge in [0.25, 0.3) is 0 Å². The van der Waals surface area contributed by atoms with Crippen molar-refractivity contribution in [3.8, 4) is 5.75 Å². The molecule has 2 aromatic carbocycles. The number of benzene rings is 2. The van der Waals surface area contributed by atoms with Gasteiger partial charge in [0, 0.05) is 23.8 Å². The number of rotatable bonds is 10. The van der Waals surface area contributed by atoms with Gasteiger partial charge in [0.1, 0.15) is 5.75 Å². The second-order valence-electron chi connectivity index (χ2n) is 7.37. The summed E-state index contributed by atoms with van der Waals surface area (Å²) in [5, 5.41) is 9.57. The van der Waals surface area contributed by atoms with E-state index >= 15 is 0 Å². The highest BCUT2D eigenvalue weighted by Crippen LogP contribution is 2.45.